The molecule has 0 aliphatic carbocycles. The van der Waals surface area contributed by atoms with E-state index in [1.165, 1.54) is 37.9 Å². The van der Waals surface area contributed by atoms with Gasteiger partial charge < -0.3 is 0 Å². The number of hydrogen-bond acceptors (Lipinski definition) is 1. The van der Waals surface area contributed by atoms with Crippen molar-refractivity contribution in [1.29, 1.82) is 5.41 Å². The molecule has 232 valence electrons. The first-order valence-electron chi connectivity index (χ1n) is 16.5. The summed E-state index contributed by atoms with van der Waals surface area (Å²) in [6.45, 7) is 1.99. The van der Waals surface area contributed by atoms with Crippen molar-refractivity contribution in [3.8, 4) is 22.3 Å². The number of nitrogens with one attached hydrogen (secondary N) is 1. The molecule has 0 heterocycles. The zero-order chi connectivity index (χ0) is 33.2. The van der Waals surface area contributed by atoms with E-state index in [9.17, 15) is 0 Å². The van der Waals surface area contributed by atoms with Crippen molar-refractivity contribution in [3.05, 3.63) is 193 Å². The molecule has 0 fully saturated rings. The van der Waals surface area contributed by atoms with Crippen molar-refractivity contribution >= 4 is 49.7 Å². The highest BCUT2D eigenvalue weighted by Crippen LogP contribution is 2.37. The molecule has 0 aromatic heterocycles. The van der Waals surface area contributed by atoms with E-state index in [0.29, 0.717) is 5.84 Å². The van der Waals surface area contributed by atoms with Crippen LogP contribution in [0.5, 0.6) is 0 Å². The third kappa shape index (κ3) is 5.95. The Labute approximate surface area is 286 Å². The zero-order valence-electron chi connectivity index (χ0n) is 27.1. The summed E-state index contributed by atoms with van der Waals surface area (Å²) in [4.78, 5) is 9.75. The Balaban J connectivity index is 1.21. The van der Waals surface area contributed by atoms with Crippen LogP contribution in [0.1, 0.15) is 23.6 Å². The lowest BCUT2D eigenvalue weighted by Gasteiger charge is -2.13. The predicted molar refractivity (Wildman–Crippen MR) is 208 cm³/mol. The van der Waals surface area contributed by atoms with Crippen molar-refractivity contribution in [3.63, 3.8) is 0 Å². The largest absolute Gasteiger partial charge is 0.282 e. The standard InChI is InChI=1S/C46H33N3/c1-31(32-14-4-2-5-15-32)48-46(49-45(47)33-16-6-3-7-17-33)38-21-13-20-36(29-38)34-18-12-19-35(28-34)37-26-27-43-41-24-9-8-22-39(41)40-23-10-11-25-42(40)44(43)30-37/h2-30,47H,1H3. The van der Waals surface area contributed by atoms with Gasteiger partial charge in [-0.05, 0) is 85.3 Å². The second-order valence-electron chi connectivity index (χ2n) is 12.2. The minimum Gasteiger partial charge on any atom is -0.282 e. The van der Waals surface area contributed by atoms with Crippen molar-refractivity contribution in [2.24, 2.45) is 9.98 Å². The van der Waals surface area contributed by atoms with Crippen LogP contribution < -0.4 is 0 Å². The molecule has 8 aromatic rings. The highest BCUT2D eigenvalue weighted by Gasteiger charge is 2.12. The van der Waals surface area contributed by atoms with Crippen LogP contribution in [0.4, 0.5) is 0 Å². The minimum absolute atomic E-state index is 0.171. The van der Waals surface area contributed by atoms with Crippen molar-refractivity contribution in [2.75, 3.05) is 0 Å². The van der Waals surface area contributed by atoms with Crippen LogP contribution >= 0.6 is 0 Å². The number of hydrogen-bond donors (Lipinski definition) is 1. The number of nitrogens with zero attached hydrogens (tertiary/aromatic N) is 2. The van der Waals surface area contributed by atoms with E-state index in [4.69, 9.17) is 15.4 Å². The minimum atomic E-state index is 0.171. The molecular formula is C46H33N3. The third-order valence-corrected chi connectivity index (χ3v) is 9.12. The SMILES string of the molecule is CC(=NC(=NC(=N)c1ccccc1)c1cccc(-c2cccc(-c3ccc4c5ccccc5c5ccccc5c4c3)c2)c1)c1ccccc1. The Morgan fingerprint density at radius 3 is 1.43 bits per heavy atom. The highest BCUT2D eigenvalue weighted by atomic mass is 15.0. The van der Waals surface area contributed by atoms with Gasteiger partial charge in [-0.1, -0.05) is 158 Å². The van der Waals surface area contributed by atoms with E-state index in [2.05, 4.69) is 103 Å². The Hall–Kier alpha value is -6.45. The first-order chi connectivity index (χ1) is 24.1. The summed E-state index contributed by atoms with van der Waals surface area (Å²) < 4.78 is 0. The van der Waals surface area contributed by atoms with E-state index in [1.54, 1.807) is 0 Å². The fourth-order valence-corrected chi connectivity index (χ4v) is 6.63. The molecule has 0 aliphatic rings. The smallest absolute Gasteiger partial charge is 0.161 e. The van der Waals surface area contributed by atoms with Gasteiger partial charge in [0.15, 0.2) is 11.7 Å². The Bertz CT molecular complexity index is 2530. The van der Waals surface area contributed by atoms with Crippen molar-refractivity contribution in [1.82, 2.24) is 0 Å². The normalized spacial score (nSPS) is 12.1. The van der Waals surface area contributed by atoms with Crippen LogP contribution in [0.2, 0.25) is 0 Å². The second-order valence-corrected chi connectivity index (χ2v) is 12.2. The predicted octanol–water partition coefficient (Wildman–Crippen LogP) is 11.8. The van der Waals surface area contributed by atoms with Gasteiger partial charge in [0.2, 0.25) is 0 Å². The summed E-state index contributed by atoms with van der Waals surface area (Å²) >= 11 is 0. The van der Waals surface area contributed by atoms with E-state index in [1.807, 2.05) is 79.7 Å². The average molecular weight is 628 g/mol. The molecule has 49 heavy (non-hydrogen) atoms. The molecule has 0 unspecified atom stereocenters. The number of fused-ring (bicyclic) bond motifs is 6. The quantitative estimate of drug-likeness (QED) is 0.112. The molecule has 0 saturated carbocycles. The number of amidine groups is 2. The molecule has 3 nitrogen and oxygen atoms in total. The van der Waals surface area contributed by atoms with E-state index >= 15 is 0 Å². The van der Waals surface area contributed by atoms with E-state index in [0.717, 1.165) is 39.1 Å². The van der Waals surface area contributed by atoms with Gasteiger partial charge in [-0.25, -0.2) is 9.98 Å². The Morgan fingerprint density at radius 2 is 0.816 bits per heavy atom. The molecule has 1 N–H and O–H groups in total. The van der Waals surface area contributed by atoms with Crippen LogP contribution in [0.25, 0.3) is 54.6 Å². The average Bonchev–Trinajstić information content (AvgIpc) is 3.18. The van der Waals surface area contributed by atoms with Gasteiger partial charge in [-0.15, -0.1) is 0 Å². The van der Waals surface area contributed by atoms with Gasteiger partial charge >= 0.3 is 0 Å². The monoisotopic (exact) mass is 627 g/mol. The van der Waals surface area contributed by atoms with Gasteiger partial charge in [-0.3, -0.25) is 5.41 Å². The Kier molecular flexibility index (Phi) is 7.93. The molecule has 0 aliphatic heterocycles. The maximum atomic E-state index is 8.79. The topological polar surface area (TPSA) is 48.6 Å². The fraction of sp³-hybridized carbons (Fsp3) is 0.0217. The van der Waals surface area contributed by atoms with E-state index in [-0.39, 0.29) is 5.84 Å². The number of rotatable bonds is 5. The van der Waals surface area contributed by atoms with Gasteiger partial charge in [0.05, 0.1) is 0 Å². The first kappa shape index (κ1) is 29.9. The zero-order valence-corrected chi connectivity index (χ0v) is 27.1. The van der Waals surface area contributed by atoms with Gasteiger partial charge in [0.1, 0.15) is 0 Å². The van der Waals surface area contributed by atoms with E-state index < -0.39 is 0 Å². The maximum Gasteiger partial charge on any atom is 0.161 e. The molecule has 0 atom stereocenters. The number of benzene rings is 8. The van der Waals surface area contributed by atoms with Gasteiger partial charge in [0, 0.05) is 16.8 Å². The molecule has 0 bridgehead atoms. The van der Waals surface area contributed by atoms with Gasteiger partial charge in [-0.2, -0.15) is 0 Å². The molecule has 8 aromatic carbocycles. The summed E-state index contributed by atoms with van der Waals surface area (Å²) in [5.41, 5.74) is 7.93. The second kappa shape index (κ2) is 13.0. The van der Waals surface area contributed by atoms with Crippen LogP contribution in [0.3, 0.4) is 0 Å². The van der Waals surface area contributed by atoms with Crippen molar-refractivity contribution < 1.29 is 0 Å². The maximum absolute atomic E-state index is 8.79. The highest BCUT2D eigenvalue weighted by molar-refractivity contribution is 6.25. The summed E-state index contributed by atoms with van der Waals surface area (Å²) in [7, 11) is 0. The lowest BCUT2D eigenvalue weighted by molar-refractivity contribution is 1.39. The summed E-state index contributed by atoms with van der Waals surface area (Å²) in [6, 6.07) is 60.9. The van der Waals surface area contributed by atoms with Crippen LogP contribution in [0.15, 0.2) is 186 Å². The summed E-state index contributed by atoms with van der Waals surface area (Å²) in [5, 5.41) is 16.4. The lowest BCUT2D eigenvalue weighted by Crippen LogP contribution is -2.07. The molecular weight excluding hydrogens is 595 g/mol. The molecule has 3 heteroatoms. The molecule has 8 rings (SSSR count). The molecule has 0 amide bonds. The molecule has 0 radical (unpaired) electrons. The van der Waals surface area contributed by atoms with Crippen LogP contribution in [-0.4, -0.2) is 17.4 Å². The van der Waals surface area contributed by atoms with Crippen LogP contribution in [-0.2, 0) is 0 Å². The third-order valence-electron chi connectivity index (χ3n) is 9.12. The number of aliphatic imine (C=N–C) groups is 2. The molecule has 0 saturated heterocycles. The summed E-state index contributed by atoms with van der Waals surface area (Å²) in [6.07, 6.45) is 0. The van der Waals surface area contributed by atoms with Crippen LogP contribution in [0, 0.1) is 5.41 Å². The lowest BCUT2D eigenvalue weighted by atomic mass is 9.91. The Morgan fingerprint density at radius 1 is 0.367 bits per heavy atom. The first-order valence-corrected chi connectivity index (χ1v) is 16.5. The van der Waals surface area contributed by atoms with Crippen molar-refractivity contribution in [2.45, 2.75) is 6.92 Å². The van der Waals surface area contributed by atoms with Gasteiger partial charge in [0.25, 0.3) is 0 Å². The molecule has 0 spiro atoms. The summed E-state index contributed by atoms with van der Waals surface area (Å²) in [5.74, 6) is 0.672. The fourth-order valence-electron chi connectivity index (χ4n) is 6.63.